The van der Waals surface area contributed by atoms with Crippen LogP contribution in [-0.4, -0.2) is 29.2 Å². The SMILES string of the molecule is CC(=O)CC1CCCCCN1C(=O)c1c(F)cccc1F. The summed E-state index contributed by atoms with van der Waals surface area (Å²) in [6.45, 7) is 1.90. The number of hydrogen-bond acceptors (Lipinski definition) is 2. The molecule has 3 nitrogen and oxygen atoms in total. The smallest absolute Gasteiger partial charge is 0.260 e. The van der Waals surface area contributed by atoms with Crippen LogP contribution in [-0.2, 0) is 4.79 Å². The Morgan fingerprint density at radius 3 is 2.48 bits per heavy atom. The molecule has 1 aromatic carbocycles. The number of carbonyl (C=O) groups excluding carboxylic acids is 2. The zero-order valence-corrected chi connectivity index (χ0v) is 12.1. The molecule has 1 aliphatic heterocycles. The number of benzene rings is 1. The van der Waals surface area contributed by atoms with Crippen molar-refractivity contribution in [2.45, 2.75) is 45.1 Å². The third-order valence-corrected chi connectivity index (χ3v) is 3.84. The Labute approximate surface area is 122 Å². The van der Waals surface area contributed by atoms with Crippen LogP contribution < -0.4 is 0 Å². The minimum Gasteiger partial charge on any atom is -0.335 e. The van der Waals surface area contributed by atoms with Crippen molar-refractivity contribution in [2.75, 3.05) is 6.54 Å². The molecule has 1 atom stereocenters. The van der Waals surface area contributed by atoms with Gasteiger partial charge < -0.3 is 4.90 Å². The highest BCUT2D eigenvalue weighted by atomic mass is 19.1. The van der Waals surface area contributed by atoms with Crippen molar-refractivity contribution in [3.8, 4) is 0 Å². The third kappa shape index (κ3) is 3.65. The lowest BCUT2D eigenvalue weighted by Gasteiger charge is -2.29. The normalized spacial score (nSPS) is 19.2. The molecule has 2 rings (SSSR count). The first kappa shape index (κ1) is 15.6. The van der Waals surface area contributed by atoms with Crippen molar-refractivity contribution in [3.05, 3.63) is 35.4 Å². The summed E-state index contributed by atoms with van der Waals surface area (Å²) < 4.78 is 27.6. The number of rotatable bonds is 3. The van der Waals surface area contributed by atoms with Crippen LogP contribution >= 0.6 is 0 Å². The quantitative estimate of drug-likeness (QED) is 0.857. The predicted molar refractivity (Wildman–Crippen MR) is 74.9 cm³/mol. The Bertz CT molecular complexity index is 525. The number of halogens is 2. The van der Waals surface area contributed by atoms with Crippen LogP contribution in [0.4, 0.5) is 8.78 Å². The van der Waals surface area contributed by atoms with Crippen LogP contribution in [0.2, 0.25) is 0 Å². The maximum atomic E-state index is 13.8. The third-order valence-electron chi connectivity index (χ3n) is 3.84. The van der Waals surface area contributed by atoms with Crippen molar-refractivity contribution < 1.29 is 18.4 Å². The van der Waals surface area contributed by atoms with Gasteiger partial charge in [0.15, 0.2) is 0 Å². The molecule has 1 saturated heterocycles. The Hall–Kier alpha value is -1.78. The number of hydrogen-bond donors (Lipinski definition) is 0. The topological polar surface area (TPSA) is 37.4 Å². The van der Waals surface area contributed by atoms with Gasteiger partial charge in [-0.3, -0.25) is 9.59 Å². The van der Waals surface area contributed by atoms with Gasteiger partial charge in [0, 0.05) is 19.0 Å². The lowest BCUT2D eigenvalue weighted by Crippen LogP contribution is -2.41. The Kier molecular flexibility index (Phi) is 5.04. The monoisotopic (exact) mass is 295 g/mol. The van der Waals surface area contributed by atoms with Gasteiger partial charge >= 0.3 is 0 Å². The first-order valence-electron chi connectivity index (χ1n) is 7.25. The summed E-state index contributed by atoms with van der Waals surface area (Å²) in [7, 11) is 0. The van der Waals surface area contributed by atoms with Crippen molar-refractivity contribution in [1.82, 2.24) is 4.90 Å². The van der Waals surface area contributed by atoms with E-state index in [2.05, 4.69) is 0 Å². The van der Waals surface area contributed by atoms with E-state index in [-0.39, 0.29) is 18.2 Å². The lowest BCUT2D eigenvalue weighted by atomic mass is 10.0. The van der Waals surface area contributed by atoms with Crippen LogP contribution in [0.5, 0.6) is 0 Å². The fraction of sp³-hybridized carbons (Fsp3) is 0.500. The summed E-state index contributed by atoms with van der Waals surface area (Å²) in [4.78, 5) is 25.4. The van der Waals surface area contributed by atoms with Crippen molar-refractivity contribution in [2.24, 2.45) is 0 Å². The molecule has 1 aromatic rings. The van der Waals surface area contributed by atoms with Crippen molar-refractivity contribution >= 4 is 11.7 Å². The van der Waals surface area contributed by atoms with Crippen LogP contribution in [0.1, 0.15) is 49.4 Å². The van der Waals surface area contributed by atoms with E-state index in [0.717, 1.165) is 31.4 Å². The molecule has 0 aromatic heterocycles. The highest BCUT2D eigenvalue weighted by Crippen LogP contribution is 2.24. The fourth-order valence-electron chi connectivity index (χ4n) is 2.83. The van der Waals surface area contributed by atoms with E-state index < -0.39 is 23.1 Å². The Morgan fingerprint density at radius 1 is 1.19 bits per heavy atom. The second-order valence-corrected chi connectivity index (χ2v) is 5.50. The standard InChI is InChI=1S/C16H19F2NO2/c1-11(20)10-12-6-3-2-4-9-19(12)16(21)15-13(17)7-5-8-14(15)18/h5,7-8,12H,2-4,6,9-10H2,1H3. The molecule has 0 N–H and O–H groups in total. The molecule has 1 unspecified atom stereocenters. The molecule has 1 amide bonds. The van der Waals surface area contributed by atoms with E-state index in [1.165, 1.54) is 17.9 Å². The van der Waals surface area contributed by atoms with Gasteiger partial charge in [-0.1, -0.05) is 18.9 Å². The molecule has 0 aliphatic carbocycles. The molecule has 0 spiro atoms. The van der Waals surface area contributed by atoms with E-state index in [4.69, 9.17) is 0 Å². The summed E-state index contributed by atoms with van der Waals surface area (Å²) >= 11 is 0. The predicted octanol–water partition coefficient (Wildman–Crippen LogP) is 3.33. The first-order valence-corrected chi connectivity index (χ1v) is 7.25. The summed E-state index contributed by atoms with van der Waals surface area (Å²) in [5.74, 6) is -2.39. The van der Waals surface area contributed by atoms with Crippen molar-refractivity contribution in [1.29, 1.82) is 0 Å². The number of nitrogens with zero attached hydrogens (tertiary/aromatic N) is 1. The minimum absolute atomic E-state index is 0.0197. The molecule has 1 fully saturated rings. The van der Waals surface area contributed by atoms with E-state index in [9.17, 15) is 18.4 Å². The van der Waals surface area contributed by atoms with Gasteiger partial charge in [0.25, 0.3) is 5.91 Å². The second-order valence-electron chi connectivity index (χ2n) is 5.50. The van der Waals surface area contributed by atoms with Gasteiger partial charge in [-0.25, -0.2) is 8.78 Å². The minimum atomic E-state index is -0.856. The number of amides is 1. The number of likely N-dealkylation sites (tertiary alicyclic amines) is 1. The van der Waals surface area contributed by atoms with E-state index in [1.807, 2.05) is 0 Å². The highest BCUT2D eigenvalue weighted by Gasteiger charge is 2.30. The summed E-state index contributed by atoms with van der Waals surface area (Å²) in [6, 6.07) is 3.12. The Balaban J connectivity index is 2.31. The van der Waals surface area contributed by atoms with Gasteiger partial charge in [-0.15, -0.1) is 0 Å². The molecular weight excluding hydrogens is 276 g/mol. The largest absolute Gasteiger partial charge is 0.335 e. The number of Topliss-reactive ketones (excluding diaryl/α,β-unsaturated/α-hetero) is 1. The van der Waals surface area contributed by atoms with E-state index >= 15 is 0 Å². The van der Waals surface area contributed by atoms with Crippen molar-refractivity contribution in [3.63, 3.8) is 0 Å². The van der Waals surface area contributed by atoms with Crippen LogP contribution in [0, 0.1) is 11.6 Å². The van der Waals surface area contributed by atoms with Gasteiger partial charge in [-0.05, 0) is 31.9 Å². The maximum absolute atomic E-state index is 13.8. The molecule has 1 aliphatic rings. The van der Waals surface area contributed by atoms with Crippen LogP contribution in [0.15, 0.2) is 18.2 Å². The zero-order valence-electron chi connectivity index (χ0n) is 12.1. The van der Waals surface area contributed by atoms with Gasteiger partial charge in [-0.2, -0.15) is 0 Å². The summed E-state index contributed by atoms with van der Waals surface area (Å²) in [5, 5.41) is 0. The Morgan fingerprint density at radius 2 is 1.86 bits per heavy atom. The molecule has 0 radical (unpaired) electrons. The molecule has 114 valence electrons. The summed E-state index contributed by atoms with van der Waals surface area (Å²) in [6.07, 6.45) is 3.60. The molecule has 0 bridgehead atoms. The van der Waals surface area contributed by atoms with Crippen LogP contribution in [0.25, 0.3) is 0 Å². The van der Waals surface area contributed by atoms with Gasteiger partial charge in [0.1, 0.15) is 23.0 Å². The zero-order chi connectivity index (χ0) is 15.4. The van der Waals surface area contributed by atoms with E-state index in [0.29, 0.717) is 13.0 Å². The molecule has 21 heavy (non-hydrogen) atoms. The van der Waals surface area contributed by atoms with Gasteiger partial charge in [0.05, 0.1) is 0 Å². The lowest BCUT2D eigenvalue weighted by molar-refractivity contribution is -0.118. The molecule has 5 heteroatoms. The molecular formula is C16H19F2NO2. The maximum Gasteiger partial charge on any atom is 0.260 e. The summed E-state index contributed by atoms with van der Waals surface area (Å²) in [5.41, 5.74) is -0.520. The van der Waals surface area contributed by atoms with E-state index in [1.54, 1.807) is 0 Å². The highest BCUT2D eigenvalue weighted by molar-refractivity contribution is 5.95. The molecule has 0 saturated carbocycles. The average Bonchev–Trinajstić information content (AvgIpc) is 2.63. The first-order chi connectivity index (χ1) is 10.0. The number of ketones is 1. The van der Waals surface area contributed by atoms with Gasteiger partial charge in [0.2, 0.25) is 0 Å². The fourth-order valence-corrected chi connectivity index (χ4v) is 2.83. The molecule has 1 heterocycles. The van der Waals surface area contributed by atoms with Crippen LogP contribution in [0.3, 0.4) is 0 Å². The second kappa shape index (κ2) is 6.78. The number of carbonyl (C=O) groups is 2. The average molecular weight is 295 g/mol.